The molecule has 8 heteroatoms. The maximum Gasteiger partial charge on any atom is 0.163 e. The number of anilines is 2. The highest BCUT2D eigenvalue weighted by Gasteiger charge is 2.06. The van der Waals surface area contributed by atoms with Gasteiger partial charge in [-0.25, -0.2) is 9.97 Å². The van der Waals surface area contributed by atoms with E-state index in [2.05, 4.69) is 25.8 Å². The number of nitrogens with zero attached hydrogens (tertiary/aromatic N) is 3. The molecular weight excluding hydrogens is 357 g/mol. The third-order valence-corrected chi connectivity index (χ3v) is 3.63. The van der Waals surface area contributed by atoms with Crippen LogP contribution in [0.3, 0.4) is 0 Å². The van der Waals surface area contributed by atoms with E-state index < -0.39 is 0 Å². The largest absolute Gasteiger partial charge is 0.298 e. The summed E-state index contributed by atoms with van der Waals surface area (Å²) in [6.45, 7) is 0. The van der Waals surface area contributed by atoms with Crippen molar-refractivity contribution in [1.82, 2.24) is 15.0 Å². The van der Waals surface area contributed by atoms with Gasteiger partial charge in [0.25, 0.3) is 0 Å². The number of rotatable bonds is 4. The van der Waals surface area contributed by atoms with Gasteiger partial charge >= 0.3 is 0 Å². The molecule has 0 saturated heterocycles. The Kier molecular flexibility index (Phi) is 4.81. The van der Waals surface area contributed by atoms with E-state index in [0.29, 0.717) is 32.5 Å². The first-order valence-corrected chi connectivity index (χ1v) is 7.67. The van der Waals surface area contributed by atoms with Crippen molar-refractivity contribution >= 4 is 46.3 Å². The average molecular weight is 367 g/mol. The van der Waals surface area contributed by atoms with E-state index in [9.17, 15) is 0 Å². The number of hydrogen-bond acceptors (Lipinski definition) is 5. The summed E-state index contributed by atoms with van der Waals surface area (Å²) in [5.74, 6) is 0.995. The van der Waals surface area contributed by atoms with Gasteiger partial charge in [-0.05, 0) is 30.3 Å². The molecule has 23 heavy (non-hydrogen) atoms. The Morgan fingerprint density at radius 1 is 0.826 bits per heavy atom. The van der Waals surface area contributed by atoms with Gasteiger partial charge in [-0.1, -0.05) is 34.8 Å². The van der Waals surface area contributed by atoms with Gasteiger partial charge in [0.2, 0.25) is 0 Å². The Labute approximate surface area is 147 Å². The lowest BCUT2D eigenvalue weighted by Crippen LogP contribution is -2.11. The first-order valence-electron chi connectivity index (χ1n) is 6.54. The van der Waals surface area contributed by atoms with Crippen molar-refractivity contribution < 1.29 is 0 Å². The molecule has 0 aliphatic rings. The molecule has 3 rings (SSSR count). The number of pyridine rings is 1. The molecule has 0 aliphatic carbocycles. The minimum absolute atomic E-state index is 0.318. The molecule has 0 saturated carbocycles. The van der Waals surface area contributed by atoms with Gasteiger partial charge < -0.3 is 0 Å². The van der Waals surface area contributed by atoms with Gasteiger partial charge in [-0.2, -0.15) is 0 Å². The fraction of sp³-hybridized carbons (Fsp3) is 0. The van der Waals surface area contributed by atoms with E-state index in [-0.39, 0.29) is 0 Å². The minimum atomic E-state index is 0.318. The van der Waals surface area contributed by atoms with Crippen molar-refractivity contribution in [2.75, 3.05) is 10.9 Å². The van der Waals surface area contributed by atoms with Crippen LogP contribution in [0.25, 0.3) is 11.4 Å². The molecule has 2 N–H and O–H groups in total. The lowest BCUT2D eigenvalue weighted by molar-refractivity contribution is 1.15. The van der Waals surface area contributed by atoms with Gasteiger partial charge in [0, 0.05) is 29.0 Å². The first kappa shape index (κ1) is 15.8. The van der Waals surface area contributed by atoms with Gasteiger partial charge in [0.1, 0.15) is 11.0 Å². The summed E-state index contributed by atoms with van der Waals surface area (Å²) in [5, 5.41) is 1.36. The molecular formula is C15H10Cl3N5. The second-order valence-electron chi connectivity index (χ2n) is 4.51. The number of hydrazine groups is 1. The van der Waals surface area contributed by atoms with Crippen LogP contribution in [0.1, 0.15) is 0 Å². The standard InChI is InChI=1S/C15H10Cl3N5/c16-10-1-2-12(11(17)7-10)22-23-14-8-13(18)20-15(21-14)9-3-5-19-6-4-9/h1-8,22H,(H,20,21,23). The number of aromatic nitrogens is 3. The maximum absolute atomic E-state index is 6.10. The number of halogens is 3. The fourth-order valence-corrected chi connectivity index (χ4v) is 2.47. The van der Waals surface area contributed by atoms with Crippen LogP contribution >= 0.6 is 34.8 Å². The zero-order chi connectivity index (χ0) is 16.2. The van der Waals surface area contributed by atoms with E-state index >= 15 is 0 Å². The minimum Gasteiger partial charge on any atom is -0.298 e. The fourth-order valence-electron chi connectivity index (χ4n) is 1.83. The van der Waals surface area contributed by atoms with Gasteiger partial charge in [-0.3, -0.25) is 15.8 Å². The van der Waals surface area contributed by atoms with E-state index in [1.165, 1.54) is 0 Å². The first-order chi connectivity index (χ1) is 11.1. The monoisotopic (exact) mass is 365 g/mol. The van der Waals surface area contributed by atoms with Gasteiger partial charge in [0.15, 0.2) is 5.82 Å². The lowest BCUT2D eigenvalue weighted by Gasteiger charge is -2.11. The Balaban J connectivity index is 1.82. The van der Waals surface area contributed by atoms with E-state index in [4.69, 9.17) is 34.8 Å². The molecule has 0 atom stereocenters. The normalized spacial score (nSPS) is 10.4. The topological polar surface area (TPSA) is 62.7 Å². The van der Waals surface area contributed by atoms with Crippen LogP contribution in [-0.4, -0.2) is 15.0 Å². The highest BCUT2D eigenvalue weighted by molar-refractivity contribution is 6.36. The van der Waals surface area contributed by atoms with Crippen LogP contribution < -0.4 is 10.9 Å². The molecule has 0 spiro atoms. The highest BCUT2D eigenvalue weighted by atomic mass is 35.5. The molecule has 3 aromatic rings. The Morgan fingerprint density at radius 2 is 1.61 bits per heavy atom. The van der Waals surface area contributed by atoms with Crippen LogP contribution in [0.5, 0.6) is 0 Å². The average Bonchev–Trinajstić information content (AvgIpc) is 2.54. The third kappa shape index (κ3) is 4.01. The summed E-state index contributed by atoms with van der Waals surface area (Å²) < 4.78 is 0. The summed E-state index contributed by atoms with van der Waals surface area (Å²) in [5.41, 5.74) is 7.38. The molecule has 0 fully saturated rings. The number of nitrogens with one attached hydrogen (secondary N) is 2. The van der Waals surface area contributed by atoms with Crippen molar-refractivity contribution in [2.24, 2.45) is 0 Å². The SMILES string of the molecule is Clc1ccc(NNc2cc(Cl)nc(-c3ccncc3)n2)c(Cl)c1. The zero-order valence-corrected chi connectivity index (χ0v) is 13.9. The number of benzene rings is 1. The number of hydrogen-bond donors (Lipinski definition) is 2. The Hall–Kier alpha value is -2.08. The maximum atomic E-state index is 6.10. The molecule has 0 bridgehead atoms. The highest BCUT2D eigenvalue weighted by Crippen LogP contribution is 2.26. The molecule has 2 heterocycles. The quantitative estimate of drug-likeness (QED) is 0.506. The van der Waals surface area contributed by atoms with Crippen LogP contribution in [0.2, 0.25) is 15.2 Å². The van der Waals surface area contributed by atoms with E-state index in [1.807, 2.05) is 0 Å². The molecule has 5 nitrogen and oxygen atoms in total. The second kappa shape index (κ2) is 7.00. The summed E-state index contributed by atoms with van der Waals surface area (Å²) in [4.78, 5) is 12.6. The summed E-state index contributed by atoms with van der Waals surface area (Å²) >= 11 is 18.0. The van der Waals surface area contributed by atoms with Gasteiger partial charge in [0.05, 0.1) is 10.7 Å². The predicted molar refractivity (Wildman–Crippen MR) is 94.0 cm³/mol. The molecule has 0 unspecified atom stereocenters. The molecule has 1 aromatic carbocycles. The van der Waals surface area contributed by atoms with Crippen molar-refractivity contribution in [2.45, 2.75) is 0 Å². The van der Waals surface area contributed by atoms with Crippen LogP contribution in [0, 0.1) is 0 Å². The summed E-state index contributed by atoms with van der Waals surface area (Å²) in [6, 6.07) is 10.3. The second-order valence-corrected chi connectivity index (χ2v) is 5.74. The summed E-state index contributed by atoms with van der Waals surface area (Å²) in [7, 11) is 0. The van der Waals surface area contributed by atoms with E-state index in [0.717, 1.165) is 5.56 Å². The van der Waals surface area contributed by atoms with Crippen molar-refractivity contribution in [3.8, 4) is 11.4 Å². The molecule has 0 aliphatic heterocycles. The summed E-state index contributed by atoms with van der Waals surface area (Å²) in [6.07, 6.45) is 3.33. The third-order valence-electron chi connectivity index (χ3n) is 2.89. The van der Waals surface area contributed by atoms with Crippen molar-refractivity contribution in [3.63, 3.8) is 0 Å². The van der Waals surface area contributed by atoms with Crippen LogP contribution in [0.15, 0.2) is 48.8 Å². The van der Waals surface area contributed by atoms with Gasteiger partial charge in [-0.15, -0.1) is 0 Å². The van der Waals surface area contributed by atoms with E-state index in [1.54, 1.807) is 48.8 Å². The van der Waals surface area contributed by atoms with Crippen molar-refractivity contribution in [1.29, 1.82) is 0 Å². The smallest absolute Gasteiger partial charge is 0.163 e. The Bertz CT molecular complexity index is 827. The molecule has 116 valence electrons. The lowest BCUT2D eigenvalue weighted by atomic mass is 10.2. The Morgan fingerprint density at radius 3 is 2.35 bits per heavy atom. The van der Waals surface area contributed by atoms with Crippen LogP contribution in [0.4, 0.5) is 11.5 Å². The van der Waals surface area contributed by atoms with Crippen molar-refractivity contribution in [3.05, 3.63) is 64.0 Å². The van der Waals surface area contributed by atoms with Crippen LogP contribution in [-0.2, 0) is 0 Å². The molecule has 0 radical (unpaired) electrons. The predicted octanol–water partition coefficient (Wildman–Crippen LogP) is 4.94. The molecule has 2 aromatic heterocycles. The zero-order valence-electron chi connectivity index (χ0n) is 11.6. The molecule has 0 amide bonds.